The number of anilines is 1. The molecule has 72 valence electrons. The molecule has 0 aliphatic carbocycles. The van der Waals surface area contributed by atoms with Gasteiger partial charge in [-0.3, -0.25) is 17.4 Å². The summed E-state index contributed by atoms with van der Waals surface area (Å²) in [5.41, 5.74) is 4.32. The number of aromatic amines is 1. The topological polar surface area (TPSA) is 107 Å². The van der Waals surface area contributed by atoms with Gasteiger partial charge >= 0.3 is 5.56 Å². The van der Waals surface area contributed by atoms with Crippen LogP contribution in [0.25, 0.3) is 11.0 Å². The van der Waals surface area contributed by atoms with Crippen LogP contribution < -0.4 is 16.9 Å². The van der Waals surface area contributed by atoms with Crippen molar-refractivity contribution in [1.29, 1.82) is 0 Å². The lowest BCUT2D eigenvalue weighted by atomic mass is 10.5. The normalized spacial score (nSPS) is 10.6. The maximum Gasteiger partial charge on any atom is 0.301 e. The third-order valence-corrected chi connectivity index (χ3v) is 2.34. The van der Waals surface area contributed by atoms with E-state index < -0.39 is 11.1 Å². The highest BCUT2D eigenvalue weighted by Crippen LogP contribution is 2.04. The molecule has 14 heavy (non-hydrogen) atoms. The molecule has 0 radical (unpaired) electrons. The van der Waals surface area contributed by atoms with Gasteiger partial charge in [0.25, 0.3) is 5.56 Å². The van der Waals surface area contributed by atoms with E-state index >= 15 is 0 Å². The molecule has 0 aromatic carbocycles. The quantitative estimate of drug-likeness (QED) is 0.623. The van der Waals surface area contributed by atoms with Gasteiger partial charge in [-0.15, -0.1) is 0 Å². The zero-order valence-corrected chi connectivity index (χ0v) is 8.85. The molecule has 0 saturated carbocycles. The van der Waals surface area contributed by atoms with E-state index in [4.69, 9.17) is 5.73 Å². The minimum Gasteiger partial charge on any atom is -0.369 e. The standard InChI is InChI=1S/C6H4IN5O2/c7-12-1-9-2-3(12)5(14)11-6(8)10-4(2)13/h1H,(H3,8,10,11,13,14). The van der Waals surface area contributed by atoms with Gasteiger partial charge in [0, 0.05) is 0 Å². The molecule has 0 bridgehead atoms. The fourth-order valence-corrected chi connectivity index (χ4v) is 1.63. The number of nitrogen functional groups attached to an aromatic ring is 1. The molecule has 0 unspecified atom stereocenters. The van der Waals surface area contributed by atoms with Gasteiger partial charge in [0.05, 0.1) is 22.9 Å². The smallest absolute Gasteiger partial charge is 0.301 e. The third-order valence-electron chi connectivity index (χ3n) is 1.61. The number of hydrogen-bond donors (Lipinski definition) is 2. The Bertz CT molecular complexity index is 616. The molecule has 0 aliphatic rings. The van der Waals surface area contributed by atoms with Gasteiger partial charge in [0.2, 0.25) is 5.95 Å². The molecule has 2 rings (SSSR count). The van der Waals surface area contributed by atoms with E-state index in [1.807, 2.05) is 22.9 Å². The second-order valence-electron chi connectivity index (χ2n) is 2.51. The van der Waals surface area contributed by atoms with Crippen molar-refractivity contribution in [3.63, 3.8) is 0 Å². The Balaban J connectivity index is 3.20. The Morgan fingerprint density at radius 3 is 2.93 bits per heavy atom. The van der Waals surface area contributed by atoms with E-state index in [0.29, 0.717) is 0 Å². The number of hydrogen-bond acceptors (Lipinski definition) is 5. The number of halogens is 1. The highest BCUT2D eigenvalue weighted by molar-refractivity contribution is 14.1. The molecule has 8 heteroatoms. The van der Waals surface area contributed by atoms with Crippen LogP contribution in [0.15, 0.2) is 15.9 Å². The van der Waals surface area contributed by atoms with Crippen LogP contribution in [0, 0.1) is 0 Å². The average Bonchev–Trinajstić information content (AvgIpc) is 2.41. The van der Waals surface area contributed by atoms with Crippen molar-refractivity contribution in [2.24, 2.45) is 0 Å². The van der Waals surface area contributed by atoms with Gasteiger partial charge in [-0.25, -0.2) is 4.98 Å². The van der Waals surface area contributed by atoms with Crippen molar-refractivity contribution in [2.45, 2.75) is 0 Å². The summed E-state index contributed by atoms with van der Waals surface area (Å²) in [5, 5.41) is 0. The van der Waals surface area contributed by atoms with E-state index in [0.717, 1.165) is 0 Å². The summed E-state index contributed by atoms with van der Waals surface area (Å²) < 4.78 is 1.41. The van der Waals surface area contributed by atoms with Gasteiger partial charge in [-0.05, 0) is 0 Å². The summed E-state index contributed by atoms with van der Waals surface area (Å²) in [5.74, 6) is -0.214. The zero-order valence-electron chi connectivity index (χ0n) is 6.69. The molecule has 0 aliphatic heterocycles. The maximum atomic E-state index is 11.5. The Morgan fingerprint density at radius 2 is 2.21 bits per heavy atom. The zero-order chi connectivity index (χ0) is 10.3. The number of rotatable bonds is 0. The monoisotopic (exact) mass is 305 g/mol. The fraction of sp³-hybridized carbons (Fsp3) is 0. The van der Waals surface area contributed by atoms with Crippen LogP contribution in [0.2, 0.25) is 0 Å². The van der Waals surface area contributed by atoms with Crippen molar-refractivity contribution in [3.8, 4) is 0 Å². The van der Waals surface area contributed by atoms with Crippen LogP contribution in [0.3, 0.4) is 0 Å². The Morgan fingerprint density at radius 1 is 1.50 bits per heavy atom. The number of aromatic nitrogens is 4. The first-order chi connectivity index (χ1) is 6.59. The average molecular weight is 305 g/mol. The first-order valence-electron chi connectivity index (χ1n) is 3.53. The molecule has 0 spiro atoms. The van der Waals surface area contributed by atoms with Crippen LogP contribution in [-0.2, 0) is 0 Å². The molecule has 0 amide bonds. The molecular formula is C6H4IN5O2. The van der Waals surface area contributed by atoms with E-state index in [9.17, 15) is 9.59 Å². The summed E-state index contributed by atoms with van der Waals surface area (Å²) >= 11 is 1.84. The Kier molecular flexibility index (Phi) is 1.98. The largest absolute Gasteiger partial charge is 0.369 e. The van der Waals surface area contributed by atoms with E-state index in [1.54, 1.807) is 0 Å². The number of H-pyrrole nitrogens is 1. The first-order valence-corrected chi connectivity index (χ1v) is 4.49. The molecule has 2 aromatic heterocycles. The number of imidazole rings is 1. The first kappa shape index (κ1) is 9.12. The van der Waals surface area contributed by atoms with Crippen LogP contribution in [0.1, 0.15) is 0 Å². The second kappa shape index (κ2) is 3.04. The van der Waals surface area contributed by atoms with Crippen LogP contribution >= 0.6 is 22.9 Å². The maximum absolute atomic E-state index is 11.5. The van der Waals surface area contributed by atoms with E-state index in [1.165, 1.54) is 9.11 Å². The summed E-state index contributed by atoms with van der Waals surface area (Å²) in [7, 11) is 0. The van der Waals surface area contributed by atoms with Gasteiger partial charge in [-0.2, -0.15) is 4.98 Å². The minimum atomic E-state index is -0.619. The van der Waals surface area contributed by atoms with Crippen molar-refractivity contribution < 1.29 is 0 Å². The van der Waals surface area contributed by atoms with Crippen LogP contribution in [0.4, 0.5) is 5.95 Å². The lowest BCUT2D eigenvalue weighted by molar-refractivity contribution is 1.16. The van der Waals surface area contributed by atoms with Gasteiger partial charge < -0.3 is 5.73 Å². The highest BCUT2D eigenvalue weighted by Gasteiger charge is 2.08. The predicted molar refractivity (Wildman–Crippen MR) is 58.2 cm³/mol. The summed E-state index contributed by atoms with van der Waals surface area (Å²) in [6.07, 6.45) is 1.36. The lowest BCUT2D eigenvalue weighted by Gasteiger charge is -1.83. The van der Waals surface area contributed by atoms with E-state index in [2.05, 4.69) is 15.0 Å². The molecule has 0 fully saturated rings. The van der Waals surface area contributed by atoms with Crippen molar-refractivity contribution >= 4 is 39.8 Å². The van der Waals surface area contributed by atoms with Crippen LogP contribution in [-0.4, -0.2) is 17.7 Å². The number of nitrogens with zero attached hydrogens (tertiary/aromatic N) is 3. The number of nitrogens with one attached hydrogen (secondary N) is 1. The fourth-order valence-electron chi connectivity index (χ4n) is 1.06. The summed E-state index contributed by atoms with van der Waals surface area (Å²) in [6.45, 7) is 0. The molecule has 2 aromatic rings. The van der Waals surface area contributed by atoms with Crippen molar-refractivity contribution in [2.75, 3.05) is 5.73 Å². The van der Waals surface area contributed by atoms with E-state index in [-0.39, 0.29) is 17.0 Å². The SMILES string of the molecule is Nc1nc(=O)c2ncn(I)c2c(=O)[nH]1. The van der Waals surface area contributed by atoms with Crippen molar-refractivity contribution in [3.05, 3.63) is 27.0 Å². The van der Waals surface area contributed by atoms with Crippen molar-refractivity contribution in [1.82, 2.24) is 17.7 Å². The molecular weight excluding hydrogens is 301 g/mol. The van der Waals surface area contributed by atoms with Crippen LogP contribution in [0.5, 0.6) is 0 Å². The molecule has 0 atom stereocenters. The molecule has 0 saturated heterocycles. The predicted octanol–water partition coefficient (Wildman–Crippen LogP) is -0.740. The van der Waals surface area contributed by atoms with Gasteiger partial charge in [-0.1, -0.05) is 0 Å². The Hall–Kier alpha value is -1.45. The lowest BCUT2D eigenvalue weighted by Crippen LogP contribution is -2.07. The summed E-state index contributed by atoms with van der Waals surface area (Å²) in [4.78, 5) is 32.2. The minimum absolute atomic E-state index is 0.0114. The summed E-state index contributed by atoms with van der Waals surface area (Å²) in [6, 6.07) is 0. The highest BCUT2D eigenvalue weighted by atomic mass is 127. The van der Waals surface area contributed by atoms with Gasteiger partial charge in [0.1, 0.15) is 11.8 Å². The molecule has 3 N–H and O–H groups in total. The third kappa shape index (κ3) is 1.27. The molecule has 2 heterocycles. The number of fused-ring (bicyclic) bond motifs is 1. The Labute approximate surface area is 90.5 Å². The second-order valence-corrected chi connectivity index (χ2v) is 3.55. The number of nitrogens with two attached hydrogens (primary N) is 1. The van der Waals surface area contributed by atoms with Gasteiger partial charge in [0.15, 0.2) is 5.52 Å². The molecule has 7 nitrogen and oxygen atoms in total.